The van der Waals surface area contributed by atoms with Crippen molar-refractivity contribution in [1.29, 1.82) is 0 Å². The van der Waals surface area contributed by atoms with Gasteiger partial charge in [-0.1, -0.05) is 54.3 Å². The van der Waals surface area contributed by atoms with Crippen LogP contribution in [0.1, 0.15) is 37.7 Å². The van der Waals surface area contributed by atoms with Gasteiger partial charge in [-0.2, -0.15) is 0 Å². The fourth-order valence-electron chi connectivity index (χ4n) is 2.88. The van der Waals surface area contributed by atoms with Crippen LogP contribution in [0.5, 0.6) is 0 Å². The van der Waals surface area contributed by atoms with Crippen molar-refractivity contribution in [2.45, 2.75) is 45.6 Å². The van der Waals surface area contributed by atoms with Crippen molar-refractivity contribution in [3.8, 4) is 11.3 Å². The van der Waals surface area contributed by atoms with Gasteiger partial charge in [0.1, 0.15) is 5.69 Å². The first-order chi connectivity index (χ1) is 9.31. The molecule has 2 aromatic rings. The average Bonchev–Trinajstić information content (AvgIpc) is 2.89. The van der Waals surface area contributed by atoms with Gasteiger partial charge in [0.15, 0.2) is 0 Å². The largest absolute Gasteiger partial charge is 0.252 e. The van der Waals surface area contributed by atoms with Gasteiger partial charge in [-0.15, -0.1) is 5.10 Å². The number of hydrogen-bond acceptors (Lipinski definition) is 2. The molecule has 1 fully saturated rings. The molecule has 1 saturated carbocycles. The molecule has 0 saturated heterocycles. The second-order valence-electron chi connectivity index (χ2n) is 5.70. The zero-order valence-corrected chi connectivity index (χ0v) is 11.5. The summed E-state index contributed by atoms with van der Waals surface area (Å²) < 4.78 is 2.02. The molecule has 1 aliphatic carbocycles. The third-order valence-electron chi connectivity index (χ3n) is 4.06. The van der Waals surface area contributed by atoms with E-state index in [1.54, 1.807) is 0 Å². The van der Waals surface area contributed by atoms with Gasteiger partial charge in [0, 0.05) is 12.1 Å². The molecule has 3 heteroatoms. The fraction of sp³-hybridized carbons (Fsp3) is 0.500. The maximum atomic E-state index is 4.29. The van der Waals surface area contributed by atoms with Crippen LogP contribution >= 0.6 is 0 Å². The lowest BCUT2D eigenvalue weighted by atomic mass is 9.89. The Morgan fingerprint density at radius 2 is 1.84 bits per heavy atom. The van der Waals surface area contributed by atoms with Gasteiger partial charge in [0.2, 0.25) is 0 Å². The number of nitrogens with zero attached hydrogens (tertiary/aromatic N) is 3. The Balaban J connectivity index is 1.70. The van der Waals surface area contributed by atoms with Crippen LogP contribution in [0.2, 0.25) is 0 Å². The molecule has 0 N–H and O–H groups in total. The molecule has 1 aromatic heterocycles. The highest BCUT2D eigenvalue weighted by Crippen LogP contribution is 2.25. The van der Waals surface area contributed by atoms with Gasteiger partial charge in [-0.3, -0.25) is 4.68 Å². The van der Waals surface area contributed by atoms with Crippen LogP contribution < -0.4 is 0 Å². The average molecular weight is 255 g/mol. The van der Waals surface area contributed by atoms with Crippen LogP contribution in [-0.2, 0) is 6.54 Å². The Kier molecular flexibility index (Phi) is 3.62. The van der Waals surface area contributed by atoms with Crippen molar-refractivity contribution in [3.63, 3.8) is 0 Å². The molecule has 1 aromatic carbocycles. The van der Waals surface area contributed by atoms with Gasteiger partial charge in [-0.25, -0.2) is 0 Å². The van der Waals surface area contributed by atoms with Gasteiger partial charge in [0.05, 0.1) is 6.20 Å². The quantitative estimate of drug-likeness (QED) is 0.834. The predicted octanol–water partition coefficient (Wildman–Crippen LogP) is 3.83. The van der Waals surface area contributed by atoms with Gasteiger partial charge >= 0.3 is 0 Å². The number of aromatic nitrogens is 3. The highest BCUT2D eigenvalue weighted by molar-refractivity contribution is 5.57. The van der Waals surface area contributed by atoms with E-state index in [1.165, 1.54) is 37.7 Å². The van der Waals surface area contributed by atoms with E-state index in [0.29, 0.717) is 0 Å². The molecule has 0 aliphatic heterocycles. The van der Waals surface area contributed by atoms with E-state index in [2.05, 4.69) is 47.7 Å². The summed E-state index contributed by atoms with van der Waals surface area (Å²) in [6, 6.07) is 8.47. The second-order valence-corrected chi connectivity index (χ2v) is 5.70. The summed E-state index contributed by atoms with van der Waals surface area (Å²) in [6.45, 7) is 3.13. The Bertz CT molecular complexity index is 521. The van der Waals surface area contributed by atoms with Crippen molar-refractivity contribution in [2.24, 2.45) is 5.92 Å². The fourth-order valence-corrected chi connectivity index (χ4v) is 2.88. The number of hydrogen-bond donors (Lipinski definition) is 0. The normalized spacial score (nSPS) is 16.7. The number of rotatable bonds is 3. The van der Waals surface area contributed by atoms with E-state index in [1.807, 2.05) is 4.68 Å². The molecule has 1 aliphatic rings. The lowest BCUT2D eigenvalue weighted by molar-refractivity contribution is 0.305. The summed E-state index contributed by atoms with van der Waals surface area (Å²) in [7, 11) is 0. The maximum Gasteiger partial charge on any atom is 0.113 e. The van der Waals surface area contributed by atoms with Crippen molar-refractivity contribution >= 4 is 0 Å². The first-order valence-electron chi connectivity index (χ1n) is 7.28. The van der Waals surface area contributed by atoms with Crippen molar-refractivity contribution in [1.82, 2.24) is 15.0 Å². The first kappa shape index (κ1) is 12.4. The van der Waals surface area contributed by atoms with Crippen LogP contribution in [0.3, 0.4) is 0 Å². The number of benzene rings is 1. The van der Waals surface area contributed by atoms with E-state index < -0.39 is 0 Å². The van der Waals surface area contributed by atoms with Crippen LogP contribution in [-0.4, -0.2) is 15.0 Å². The van der Waals surface area contributed by atoms with E-state index in [4.69, 9.17) is 0 Å². The highest BCUT2D eigenvalue weighted by atomic mass is 15.4. The molecule has 3 rings (SSSR count). The Hall–Kier alpha value is -1.64. The molecule has 0 unspecified atom stereocenters. The first-order valence-corrected chi connectivity index (χ1v) is 7.28. The third-order valence-corrected chi connectivity index (χ3v) is 4.06. The number of aryl methyl sites for hydroxylation is 1. The smallest absolute Gasteiger partial charge is 0.113 e. The van der Waals surface area contributed by atoms with Crippen LogP contribution in [0, 0.1) is 12.8 Å². The molecule has 0 spiro atoms. The summed E-state index contributed by atoms with van der Waals surface area (Å²) in [4.78, 5) is 0. The Labute approximate surface area is 114 Å². The minimum atomic E-state index is 0.793. The highest BCUT2D eigenvalue weighted by Gasteiger charge is 2.14. The van der Waals surface area contributed by atoms with E-state index in [9.17, 15) is 0 Å². The van der Waals surface area contributed by atoms with Crippen molar-refractivity contribution < 1.29 is 0 Å². The molecule has 0 amide bonds. The molecule has 100 valence electrons. The second kappa shape index (κ2) is 5.55. The summed E-state index contributed by atoms with van der Waals surface area (Å²) in [5.74, 6) is 0.793. The van der Waals surface area contributed by atoms with Crippen molar-refractivity contribution in [2.75, 3.05) is 0 Å². The minimum absolute atomic E-state index is 0.793. The molecular formula is C16H21N3. The molecular weight excluding hydrogens is 234 g/mol. The standard InChI is InChI=1S/C16H21N3/c1-13-7-9-15(10-8-13)16-12-19(18-17-16)11-14-5-3-2-4-6-14/h7-10,12,14H,2-6,11H2,1H3. The van der Waals surface area contributed by atoms with E-state index in [-0.39, 0.29) is 0 Å². The zero-order chi connectivity index (χ0) is 13.1. The lowest BCUT2D eigenvalue weighted by Gasteiger charge is -2.20. The maximum absolute atomic E-state index is 4.29. The van der Waals surface area contributed by atoms with Gasteiger partial charge < -0.3 is 0 Å². The Morgan fingerprint density at radius 1 is 1.11 bits per heavy atom. The molecule has 3 nitrogen and oxygen atoms in total. The molecule has 1 heterocycles. The van der Waals surface area contributed by atoms with Crippen molar-refractivity contribution in [3.05, 3.63) is 36.0 Å². The monoisotopic (exact) mass is 255 g/mol. The zero-order valence-electron chi connectivity index (χ0n) is 11.5. The SMILES string of the molecule is Cc1ccc(-c2cn(CC3CCCCC3)nn2)cc1. The topological polar surface area (TPSA) is 30.7 Å². The molecule has 0 bridgehead atoms. The predicted molar refractivity (Wildman–Crippen MR) is 76.8 cm³/mol. The van der Waals surface area contributed by atoms with E-state index >= 15 is 0 Å². The Morgan fingerprint density at radius 3 is 2.58 bits per heavy atom. The van der Waals surface area contributed by atoms with E-state index in [0.717, 1.165) is 23.7 Å². The third kappa shape index (κ3) is 3.03. The minimum Gasteiger partial charge on any atom is -0.252 e. The summed E-state index contributed by atoms with van der Waals surface area (Å²) in [5, 5.41) is 8.57. The summed E-state index contributed by atoms with van der Waals surface area (Å²) in [6.07, 6.45) is 8.94. The lowest BCUT2D eigenvalue weighted by Crippen LogP contribution is -2.14. The molecule has 0 radical (unpaired) electrons. The summed E-state index contributed by atoms with van der Waals surface area (Å²) >= 11 is 0. The van der Waals surface area contributed by atoms with Crippen LogP contribution in [0.4, 0.5) is 0 Å². The summed E-state index contributed by atoms with van der Waals surface area (Å²) in [5.41, 5.74) is 3.41. The van der Waals surface area contributed by atoms with Crippen LogP contribution in [0.15, 0.2) is 30.5 Å². The molecule has 0 atom stereocenters. The van der Waals surface area contributed by atoms with Crippen LogP contribution in [0.25, 0.3) is 11.3 Å². The van der Waals surface area contributed by atoms with Gasteiger partial charge in [-0.05, 0) is 25.7 Å². The van der Waals surface area contributed by atoms with Gasteiger partial charge in [0.25, 0.3) is 0 Å². The molecule has 19 heavy (non-hydrogen) atoms.